The molecule has 1 aliphatic carbocycles. The minimum Gasteiger partial charge on any atom is -0.100 e. The summed E-state index contributed by atoms with van der Waals surface area (Å²) in [5.41, 5.74) is 7.46. The first-order chi connectivity index (χ1) is 9.43. The summed E-state index contributed by atoms with van der Waals surface area (Å²) < 4.78 is 0. The molecular weight excluding hydrogens is 240 g/mol. The van der Waals surface area contributed by atoms with E-state index in [1.165, 1.54) is 42.4 Å². The molecule has 0 fully saturated rings. The monoisotopic (exact) mass is 272 g/mol. The molecule has 0 saturated heterocycles. The van der Waals surface area contributed by atoms with Gasteiger partial charge in [0.2, 0.25) is 0 Å². The predicted molar refractivity (Wildman–Crippen MR) is 91.9 cm³/mol. The van der Waals surface area contributed by atoms with Gasteiger partial charge in [-0.05, 0) is 64.7 Å². The second-order valence-electron chi connectivity index (χ2n) is 6.53. The topological polar surface area (TPSA) is 0 Å². The molecule has 0 amide bonds. The third-order valence-corrected chi connectivity index (χ3v) is 4.46. The molecule has 0 aromatic heterocycles. The molecule has 112 valence electrons. The lowest BCUT2D eigenvalue weighted by molar-refractivity contribution is 0.606. The molecule has 1 aliphatic rings. The molecule has 0 spiro atoms. The Morgan fingerprint density at radius 1 is 1.25 bits per heavy atom. The normalized spacial score (nSPS) is 16.9. The van der Waals surface area contributed by atoms with E-state index in [0.29, 0.717) is 5.92 Å². The predicted octanol–water partition coefficient (Wildman–Crippen LogP) is 6.76. The van der Waals surface area contributed by atoms with Crippen molar-refractivity contribution >= 4 is 0 Å². The number of hydrogen-bond donors (Lipinski definition) is 0. The molecule has 0 heteroatoms. The van der Waals surface area contributed by atoms with Gasteiger partial charge >= 0.3 is 0 Å². The number of rotatable bonds is 8. The Morgan fingerprint density at radius 3 is 2.50 bits per heavy atom. The highest BCUT2D eigenvalue weighted by Crippen LogP contribution is 2.32. The molecule has 0 radical (unpaired) electrons. The summed E-state index contributed by atoms with van der Waals surface area (Å²) in [4.78, 5) is 0. The molecule has 0 aliphatic heterocycles. The van der Waals surface area contributed by atoms with Gasteiger partial charge in [0, 0.05) is 0 Å². The van der Waals surface area contributed by atoms with Gasteiger partial charge in [-0.15, -0.1) is 6.58 Å². The van der Waals surface area contributed by atoms with Gasteiger partial charge in [-0.1, -0.05) is 54.4 Å². The van der Waals surface area contributed by atoms with Gasteiger partial charge in [-0.3, -0.25) is 0 Å². The highest BCUT2D eigenvalue weighted by atomic mass is 14.2. The largest absolute Gasteiger partial charge is 0.100 e. The van der Waals surface area contributed by atoms with Crippen LogP contribution in [0.5, 0.6) is 0 Å². The maximum Gasteiger partial charge on any atom is -0.0191 e. The molecule has 0 bridgehead atoms. The molecule has 0 aromatic carbocycles. The lowest BCUT2D eigenvalue weighted by Gasteiger charge is -2.23. The summed E-state index contributed by atoms with van der Waals surface area (Å²) in [5, 5.41) is 0. The fourth-order valence-corrected chi connectivity index (χ4v) is 3.10. The van der Waals surface area contributed by atoms with E-state index in [4.69, 9.17) is 0 Å². The lowest BCUT2D eigenvalue weighted by Crippen LogP contribution is -2.06. The summed E-state index contributed by atoms with van der Waals surface area (Å²) >= 11 is 0. The summed E-state index contributed by atoms with van der Waals surface area (Å²) in [5.74, 6) is 0.653. The smallest absolute Gasteiger partial charge is 0.0191 e. The van der Waals surface area contributed by atoms with Crippen molar-refractivity contribution < 1.29 is 0 Å². The first-order valence-electron chi connectivity index (χ1n) is 8.14. The van der Waals surface area contributed by atoms with Crippen molar-refractivity contribution in [2.45, 2.75) is 72.6 Å². The van der Waals surface area contributed by atoms with E-state index in [1.807, 2.05) is 0 Å². The van der Waals surface area contributed by atoms with Crippen molar-refractivity contribution in [1.82, 2.24) is 0 Å². The van der Waals surface area contributed by atoms with Crippen molar-refractivity contribution in [2.24, 2.45) is 5.92 Å². The average Bonchev–Trinajstić information content (AvgIpc) is 2.38. The maximum absolute atomic E-state index is 4.27. The van der Waals surface area contributed by atoms with Gasteiger partial charge in [0.15, 0.2) is 0 Å². The van der Waals surface area contributed by atoms with Crippen molar-refractivity contribution in [3.63, 3.8) is 0 Å². The van der Waals surface area contributed by atoms with Gasteiger partial charge in [-0.2, -0.15) is 0 Å². The molecule has 0 aromatic rings. The average molecular weight is 272 g/mol. The zero-order chi connectivity index (χ0) is 15.1. The second-order valence-corrected chi connectivity index (χ2v) is 6.53. The SMILES string of the molecule is C=C(C)CCCC(=C)CC(C)C1=CC(C)=C(CC)CC1. The Labute approximate surface area is 126 Å². The Hall–Kier alpha value is -1.04. The van der Waals surface area contributed by atoms with Crippen LogP contribution in [-0.2, 0) is 0 Å². The minimum absolute atomic E-state index is 0.653. The Balaban J connectivity index is 2.47. The van der Waals surface area contributed by atoms with Crippen molar-refractivity contribution in [2.75, 3.05) is 0 Å². The molecule has 20 heavy (non-hydrogen) atoms. The minimum atomic E-state index is 0.653. The third-order valence-electron chi connectivity index (χ3n) is 4.46. The number of allylic oxidation sites excluding steroid dienone is 6. The van der Waals surface area contributed by atoms with Crippen LogP contribution in [0.4, 0.5) is 0 Å². The van der Waals surface area contributed by atoms with Crippen LogP contribution < -0.4 is 0 Å². The van der Waals surface area contributed by atoms with Gasteiger partial charge in [0.1, 0.15) is 0 Å². The summed E-state index contributed by atoms with van der Waals surface area (Å²) in [6.07, 6.45) is 10.8. The van der Waals surface area contributed by atoms with E-state index < -0.39 is 0 Å². The Morgan fingerprint density at radius 2 is 1.95 bits per heavy atom. The van der Waals surface area contributed by atoms with Crippen molar-refractivity contribution in [3.8, 4) is 0 Å². The molecule has 0 heterocycles. The van der Waals surface area contributed by atoms with Crippen LogP contribution in [0.2, 0.25) is 0 Å². The molecule has 1 unspecified atom stereocenters. The van der Waals surface area contributed by atoms with Crippen LogP contribution in [0.25, 0.3) is 0 Å². The van der Waals surface area contributed by atoms with Crippen LogP contribution >= 0.6 is 0 Å². The molecule has 0 N–H and O–H groups in total. The van der Waals surface area contributed by atoms with Crippen LogP contribution in [0, 0.1) is 5.92 Å². The third kappa shape index (κ3) is 5.53. The standard InChI is InChI=1S/C20H32/c1-7-19-11-12-20(14-18(19)6)17(5)13-16(4)10-8-9-15(2)3/h14,17H,2,4,7-13H2,1,3,5-6H3. The molecule has 0 nitrogen and oxygen atoms in total. The van der Waals surface area contributed by atoms with E-state index >= 15 is 0 Å². The first kappa shape index (κ1) is 17.0. The zero-order valence-corrected chi connectivity index (χ0v) is 14.0. The van der Waals surface area contributed by atoms with E-state index in [1.54, 1.807) is 11.1 Å². The summed E-state index contributed by atoms with van der Waals surface area (Å²) in [6, 6.07) is 0. The first-order valence-corrected chi connectivity index (χ1v) is 8.14. The van der Waals surface area contributed by atoms with Gasteiger partial charge < -0.3 is 0 Å². The second kappa shape index (κ2) is 8.29. The highest BCUT2D eigenvalue weighted by Gasteiger charge is 2.15. The Kier molecular flexibility index (Phi) is 7.05. The lowest BCUT2D eigenvalue weighted by atomic mass is 9.83. The van der Waals surface area contributed by atoms with Gasteiger partial charge in [0.05, 0.1) is 0 Å². The molecular formula is C20H32. The van der Waals surface area contributed by atoms with Crippen molar-refractivity contribution in [3.05, 3.63) is 47.1 Å². The Bertz CT molecular complexity index is 417. The zero-order valence-electron chi connectivity index (χ0n) is 14.0. The summed E-state index contributed by atoms with van der Waals surface area (Å²) in [7, 11) is 0. The van der Waals surface area contributed by atoms with E-state index in [0.717, 1.165) is 19.3 Å². The fourth-order valence-electron chi connectivity index (χ4n) is 3.10. The molecule has 1 atom stereocenters. The quantitative estimate of drug-likeness (QED) is 0.428. The van der Waals surface area contributed by atoms with Crippen molar-refractivity contribution in [1.29, 1.82) is 0 Å². The van der Waals surface area contributed by atoms with Gasteiger partial charge in [-0.25, -0.2) is 0 Å². The number of hydrogen-bond acceptors (Lipinski definition) is 0. The molecule has 0 saturated carbocycles. The summed E-state index contributed by atoms with van der Waals surface area (Å²) in [6.45, 7) is 17.2. The van der Waals surface area contributed by atoms with E-state index in [-0.39, 0.29) is 0 Å². The van der Waals surface area contributed by atoms with E-state index in [2.05, 4.69) is 46.9 Å². The van der Waals surface area contributed by atoms with Crippen LogP contribution in [0.3, 0.4) is 0 Å². The van der Waals surface area contributed by atoms with Gasteiger partial charge in [0.25, 0.3) is 0 Å². The van der Waals surface area contributed by atoms with Crippen LogP contribution in [-0.4, -0.2) is 0 Å². The van der Waals surface area contributed by atoms with Crippen LogP contribution in [0.15, 0.2) is 47.1 Å². The molecule has 1 rings (SSSR count). The van der Waals surface area contributed by atoms with Crippen LogP contribution in [0.1, 0.15) is 72.6 Å². The highest BCUT2D eigenvalue weighted by molar-refractivity contribution is 5.33. The fraction of sp³-hybridized carbons (Fsp3) is 0.600. The van der Waals surface area contributed by atoms with E-state index in [9.17, 15) is 0 Å². The maximum atomic E-state index is 4.27.